The topological polar surface area (TPSA) is 43.4 Å². The van der Waals surface area contributed by atoms with E-state index in [1.165, 1.54) is 24.3 Å². The highest BCUT2D eigenvalue weighted by molar-refractivity contribution is 6.09. The molecule has 3 rings (SSSR count). The quantitative estimate of drug-likeness (QED) is 0.473. The summed E-state index contributed by atoms with van der Waals surface area (Å²) in [6.45, 7) is 8.08. The molecular weight excluding hydrogens is 379 g/mol. The maximum atomic E-state index is 13.0. The minimum Gasteiger partial charge on any atom is -0.483 e. The number of carbonyl (C=O) groups excluding carboxylic acids is 2. The maximum absolute atomic E-state index is 13.0. The Morgan fingerprint density at radius 2 is 1.23 bits per heavy atom. The molecule has 0 spiro atoms. The van der Waals surface area contributed by atoms with E-state index in [-0.39, 0.29) is 22.8 Å². The van der Waals surface area contributed by atoms with Crippen molar-refractivity contribution < 1.29 is 18.7 Å². The van der Waals surface area contributed by atoms with E-state index < -0.39 is 6.10 Å². The summed E-state index contributed by atoms with van der Waals surface area (Å²) < 4.78 is 18.8. The standard InChI is InChI=1S/C26H25FO3/c1-17(24(28)18-5-11-21(12-6-18)26(2,3)4)30-23-15-9-20(10-16-23)25(29)19-7-13-22(27)14-8-19/h5-17H,1-4H3/t17-/m1/s1. The lowest BCUT2D eigenvalue weighted by Gasteiger charge is -2.19. The third-order valence-electron chi connectivity index (χ3n) is 4.94. The van der Waals surface area contributed by atoms with Crippen LogP contribution in [0.5, 0.6) is 5.75 Å². The van der Waals surface area contributed by atoms with E-state index in [2.05, 4.69) is 20.8 Å². The van der Waals surface area contributed by atoms with Gasteiger partial charge in [-0.15, -0.1) is 0 Å². The number of halogens is 1. The Morgan fingerprint density at radius 3 is 1.73 bits per heavy atom. The Kier molecular flexibility index (Phi) is 6.16. The Balaban J connectivity index is 1.66. The number of Topliss-reactive ketones (excluding diaryl/α,β-unsaturated/α-hetero) is 1. The number of ketones is 2. The van der Waals surface area contributed by atoms with Gasteiger partial charge in [0, 0.05) is 16.7 Å². The van der Waals surface area contributed by atoms with E-state index >= 15 is 0 Å². The van der Waals surface area contributed by atoms with Gasteiger partial charge in [-0.05, 0) is 66.4 Å². The van der Waals surface area contributed by atoms with Gasteiger partial charge >= 0.3 is 0 Å². The molecule has 0 unspecified atom stereocenters. The molecule has 1 atom stereocenters. The fraction of sp³-hybridized carbons (Fsp3) is 0.231. The predicted molar refractivity (Wildman–Crippen MR) is 116 cm³/mol. The third-order valence-corrected chi connectivity index (χ3v) is 4.94. The number of carbonyl (C=O) groups is 2. The summed E-state index contributed by atoms with van der Waals surface area (Å²) in [5, 5.41) is 0. The van der Waals surface area contributed by atoms with Crippen LogP contribution in [0.25, 0.3) is 0 Å². The second-order valence-corrected chi connectivity index (χ2v) is 8.31. The molecule has 0 saturated heterocycles. The highest BCUT2D eigenvalue weighted by atomic mass is 19.1. The smallest absolute Gasteiger partial charge is 0.202 e. The highest BCUT2D eigenvalue weighted by Gasteiger charge is 2.19. The molecular formula is C26H25FO3. The zero-order valence-corrected chi connectivity index (χ0v) is 17.6. The van der Waals surface area contributed by atoms with Crippen LogP contribution in [0.1, 0.15) is 59.5 Å². The van der Waals surface area contributed by atoms with Crippen LogP contribution in [0.4, 0.5) is 4.39 Å². The SMILES string of the molecule is C[C@@H](Oc1ccc(C(=O)c2ccc(F)cc2)cc1)C(=O)c1ccc(C(C)(C)C)cc1. The summed E-state index contributed by atoms with van der Waals surface area (Å²) >= 11 is 0. The summed E-state index contributed by atoms with van der Waals surface area (Å²) in [5.74, 6) is -0.202. The van der Waals surface area contributed by atoms with Gasteiger partial charge in [0.25, 0.3) is 0 Å². The highest BCUT2D eigenvalue weighted by Crippen LogP contribution is 2.23. The molecule has 0 aliphatic heterocycles. The summed E-state index contributed by atoms with van der Waals surface area (Å²) in [4.78, 5) is 25.2. The second-order valence-electron chi connectivity index (χ2n) is 8.31. The predicted octanol–water partition coefficient (Wildman–Crippen LogP) is 6.00. The molecule has 0 bridgehead atoms. The number of hydrogen-bond acceptors (Lipinski definition) is 3. The Bertz CT molecular complexity index is 1030. The number of rotatable bonds is 6. The molecule has 4 heteroatoms. The van der Waals surface area contributed by atoms with Gasteiger partial charge in [-0.1, -0.05) is 45.0 Å². The van der Waals surface area contributed by atoms with Gasteiger partial charge in [-0.3, -0.25) is 9.59 Å². The van der Waals surface area contributed by atoms with Crippen LogP contribution in [0.3, 0.4) is 0 Å². The molecule has 0 fully saturated rings. The minimum absolute atomic E-state index is 0.0246. The zero-order valence-electron chi connectivity index (χ0n) is 17.6. The summed E-state index contributed by atoms with van der Waals surface area (Å²) in [6.07, 6.45) is -0.663. The number of hydrogen-bond donors (Lipinski definition) is 0. The van der Waals surface area contributed by atoms with Gasteiger partial charge in [-0.2, -0.15) is 0 Å². The molecule has 0 aromatic heterocycles. The van der Waals surface area contributed by atoms with Crippen LogP contribution in [-0.4, -0.2) is 17.7 Å². The summed E-state index contributed by atoms with van der Waals surface area (Å²) in [5.41, 5.74) is 2.65. The van der Waals surface area contributed by atoms with E-state index in [4.69, 9.17) is 4.74 Å². The van der Waals surface area contributed by atoms with Crippen molar-refractivity contribution in [2.75, 3.05) is 0 Å². The van der Waals surface area contributed by atoms with Crippen LogP contribution in [0.2, 0.25) is 0 Å². The molecule has 3 nitrogen and oxygen atoms in total. The molecule has 154 valence electrons. The first-order valence-electron chi connectivity index (χ1n) is 9.87. The first-order chi connectivity index (χ1) is 14.1. The van der Waals surface area contributed by atoms with Gasteiger partial charge in [0.2, 0.25) is 5.78 Å². The molecule has 30 heavy (non-hydrogen) atoms. The minimum atomic E-state index is -0.663. The fourth-order valence-electron chi connectivity index (χ4n) is 3.08. The zero-order chi connectivity index (χ0) is 21.9. The van der Waals surface area contributed by atoms with Crippen molar-refractivity contribution in [2.45, 2.75) is 39.2 Å². The van der Waals surface area contributed by atoms with Gasteiger partial charge in [-0.25, -0.2) is 4.39 Å². The van der Waals surface area contributed by atoms with Crippen molar-refractivity contribution in [3.63, 3.8) is 0 Å². The van der Waals surface area contributed by atoms with Crippen molar-refractivity contribution in [2.24, 2.45) is 0 Å². The van der Waals surface area contributed by atoms with Crippen LogP contribution in [0, 0.1) is 5.82 Å². The Labute approximate surface area is 176 Å². The monoisotopic (exact) mass is 404 g/mol. The second kappa shape index (κ2) is 8.62. The van der Waals surface area contributed by atoms with Crippen molar-refractivity contribution in [1.82, 2.24) is 0 Å². The van der Waals surface area contributed by atoms with Crippen LogP contribution in [0.15, 0.2) is 72.8 Å². The van der Waals surface area contributed by atoms with Crippen LogP contribution in [-0.2, 0) is 5.41 Å². The fourth-order valence-corrected chi connectivity index (χ4v) is 3.08. The molecule has 0 saturated carbocycles. The lowest BCUT2D eigenvalue weighted by molar-refractivity contribution is 0.0817. The van der Waals surface area contributed by atoms with E-state index in [1.807, 2.05) is 24.3 Å². The van der Waals surface area contributed by atoms with E-state index in [0.717, 1.165) is 5.56 Å². The summed E-state index contributed by atoms with van der Waals surface area (Å²) in [7, 11) is 0. The molecule has 3 aromatic carbocycles. The largest absolute Gasteiger partial charge is 0.483 e. The van der Waals surface area contributed by atoms with Crippen molar-refractivity contribution >= 4 is 11.6 Å². The van der Waals surface area contributed by atoms with Crippen molar-refractivity contribution in [3.05, 3.63) is 101 Å². The number of benzene rings is 3. The Hall–Kier alpha value is -3.27. The lowest BCUT2D eigenvalue weighted by Crippen LogP contribution is -2.24. The third kappa shape index (κ3) is 5.01. The molecule has 3 aromatic rings. The van der Waals surface area contributed by atoms with E-state index in [0.29, 0.717) is 22.4 Å². The van der Waals surface area contributed by atoms with E-state index in [1.54, 1.807) is 31.2 Å². The van der Waals surface area contributed by atoms with Gasteiger partial charge in [0.1, 0.15) is 11.6 Å². The Morgan fingerprint density at radius 1 is 0.767 bits per heavy atom. The van der Waals surface area contributed by atoms with E-state index in [9.17, 15) is 14.0 Å². The van der Waals surface area contributed by atoms with Crippen LogP contribution < -0.4 is 4.74 Å². The molecule has 0 N–H and O–H groups in total. The average Bonchev–Trinajstić information content (AvgIpc) is 2.73. The first kappa shape index (κ1) is 21.4. The van der Waals surface area contributed by atoms with Crippen LogP contribution >= 0.6 is 0 Å². The average molecular weight is 404 g/mol. The normalized spacial score (nSPS) is 12.3. The maximum Gasteiger partial charge on any atom is 0.202 e. The molecule has 0 aliphatic rings. The first-order valence-corrected chi connectivity index (χ1v) is 9.87. The van der Waals surface area contributed by atoms with Gasteiger partial charge in [0.05, 0.1) is 0 Å². The molecule has 0 amide bonds. The summed E-state index contributed by atoms with van der Waals surface area (Å²) in [6, 6.07) is 19.6. The molecule has 0 radical (unpaired) electrons. The van der Waals surface area contributed by atoms with Gasteiger partial charge in [0.15, 0.2) is 11.9 Å². The van der Waals surface area contributed by atoms with Crippen molar-refractivity contribution in [1.29, 1.82) is 0 Å². The van der Waals surface area contributed by atoms with Gasteiger partial charge < -0.3 is 4.74 Å². The number of ether oxygens (including phenoxy) is 1. The molecule has 0 heterocycles. The lowest BCUT2D eigenvalue weighted by atomic mass is 9.86. The van der Waals surface area contributed by atoms with Crippen molar-refractivity contribution in [3.8, 4) is 5.75 Å². The molecule has 0 aliphatic carbocycles.